The number of rotatable bonds is 7. The molecule has 1 aromatic carbocycles. The highest BCUT2D eigenvalue weighted by molar-refractivity contribution is 5.58. The Kier molecular flexibility index (Phi) is 7.70. The van der Waals surface area contributed by atoms with Gasteiger partial charge in [-0.2, -0.15) is 0 Å². The van der Waals surface area contributed by atoms with Crippen molar-refractivity contribution in [1.29, 1.82) is 0 Å². The van der Waals surface area contributed by atoms with Gasteiger partial charge in [-0.3, -0.25) is 0 Å². The summed E-state index contributed by atoms with van der Waals surface area (Å²) in [6.07, 6.45) is 32.3. The van der Waals surface area contributed by atoms with E-state index in [1.54, 1.807) is 16.7 Å². The van der Waals surface area contributed by atoms with E-state index >= 15 is 0 Å². The summed E-state index contributed by atoms with van der Waals surface area (Å²) in [6.45, 7) is 3.28. The lowest BCUT2D eigenvalue weighted by atomic mass is 9.53. The minimum Gasteiger partial charge on any atom is -0.330 e. The molecule has 0 aliphatic heterocycles. The van der Waals surface area contributed by atoms with Gasteiger partial charge in [-0.1, -0.05) is 90.8 Å². The number of hydrogen-bond acceptors (Lipinski definition) is 1. The van der Waals surface area contributed by atoms with Gasteiger partial charge in [0, 0.05) is 0 Å². The smallest absolute Gasteiger partial charge is 0.00113 e. The zero-order chi connectivity index (χ0) is 25.2. The van der Waals surface area contributed by atoms with Gasteiger partial charge in [0.15, 0.2) is 0 Å². The summed E-state index contributed by atoms with van der Waals surface area (Å²) in [6, 6.07) is 6.97. The van der Waals surface area contributed by atoms with Gasteiger partial charge in [0.25, 0.3) is 0 Å². The zero-order valence-corrected chi connectivity index (χ0v) is 23.0. The van der Waals surface area contributed by atoms with Crippen LogP contribution in [0.25, 0.3) is 6.08 Å². The molecule has 1 aromatic rings. The number of allylic oxidation sites excluding steroid dienone is 8. The van der Waals surface area contributed by atoms with Crippen molar-refractivity contribution in [2.24, 2.45) is 35.3 Å². The van der Waals surface area contributed by atoms with Gasteiger partial charge < -0.3 is 5.73 Å². The standard InChI is InChI=1S/C36H47N/c1-25(29-21-11-15-26-12-5-6-16-30(26)29)22-23-28(24-37)36-33-19-9-7-17-31(33)35(27-13-3-2-4-14-27)32-18-8-10-20-34(32)36/h2-3,5,7,9,11-13,15,21,25,28,31-33,35H,4,6,8,10,14,16-20,22-24,37H2,1H3. The molecule has 0 radical (unpaired) electrons. The first kappa shape index (κ1) is 25.2. The summed E-state index contributed by atoms with van der Waals surface area (Å²) in [5.74, 6) is 4.18. The number of benzene rings is 1. The fourth-order valence-corrected chi connectivity index (χ4v) is 8.89. The van der Waals surface area contributed by atoms with Crippen LogP contribution in [-0.4, -0.2) is 6.54 Å². The second-order valence-corrected chi connectivity index (χ2v) is 12.5. The van der Waals surface area contributed by atoms with Crippen molar-refractivity contribution in [2.45, 2.75) is 89.9 Å². The molecule has 0 heterocycles. The second-order valence-electron chi connectivity index (χ2n) is 12.5. The molecule has 0 spiro atoms. The summed E-state index contributed by atoms with van der Waals surface area (Å²) in [5, 5.41) is 0. The Hall–Kier alpha value is -2.12. The van der Waals surface area contributed by atoms with Crippen LogP contribution in [-0.2, 0) is 6.42 Å². The Morgan fingerprint density at radius 3 is 2.68 bits per heavy atom. The summed E-state index contributed by atoms with van der Waals surface area (Å²) in [5.41, 5.74) is 16.8. The third-order valence-electron chi connectivity index (χ3n) is 10.6. The summed E-state index contributed by atoms with van der Waals surface area (Å²) in [4.78, 5) is 0. The second kappa shape index (κ2) is 11.3. The normalized spacial score (nSPS) is 30.3. The molecular formula is C36H47N. The highest BCUT2D eigenvalue weighted by Gasteiger charge is 2.46. The maximum Gasteiger partial charge on any atom is -0.00113 e. The Morgan fingerprint density at radius 1 is 0.919 bits per heavy atom. The van der Waals surface area contributed by atoms with E-state index in [4.69, 9.17) is 5.73 Å². The van der Waals surface area contributed by atoms with Crippen LogP contribution in [0, 0.1) is 29.6 Å². The minimum atomic E-state index is 0.553. The van der Waals surface area contributed by atoms with E-state index in [2.05, 4.69) is 67.7 Å². The molecule has 6 unspecified atom stereocenters. The number of nitrogens with two attached hydrogens (primary N) is 1. The molecular weight excluding hydrogens is 446 g/mol. The predicted molar refractivity (Wildman–Crippen MR) is 158 cm³/mol. The maximum atomic E-state index is 6.68. The van der Waals surface area contributed by atoms with Gasteiger partial charge in [0.05, 0.1) is 0 Å². The number of hydrogen-bond donors (Lipinski definition) is 1. The summed E-state index contributed by atoms with van der Waals surface area (Å²) >= 11 is 0. The van der Waals surface area contributed by atoms with Gasteiger partial charge in [0.1, 0.15) is 0 Å². The van der Waals surface area contributed by atoms with Crippen LogP contribution < -0.4 is 5.73 Å². The van der Waals surface area contributed by atoms with Crippen LogP contribution >= 0.6 is 0 Å². The Morgan fingerprint density at radius 2 is 1.81 bits per heavy atom. The van der Waals surface area contributed by atoms with E-state index in [-0.39, 0.29) is 0 Å². The lowest BCUT2D eigenvalue weighted by Gasteiger charge is -2.51. The zero-order valence-electron chi connectivity index (χ0n) is 23.0. The fraction of sp³-hybridized carbons (Fsp3) is 0.556. The molecule has 196 valence electrons. The van der Waals surface area contributed by atoms with E-state index in [0.29, 0.717) is 17.8 Å². The van der Waals surface area contributed by atoms with E-state index < -0.39 is 0 Å². The highest BCUT2D eigenvalue weighted by atomic mass is 14.6. The lowest BCUT2D eigenvalue weighted by molar-refractivity contribution is 0.158. The van der Waals surface area contributed by atoms with Crippen molar-refractivity contribution >= 4 is 6.08 Å². The highest BCUT2D eigenvalue weighted by Crippen LogP contribution is 2.57. The van der Waals surface area contributed by atoms with E-state index in [9.17, 15) is 0 Å². The molecule has 37 heavy (non-hydrogen) atoms. The summed E-state index contributed by atoms with van der Waals surface area (Å²) in [7, 11) is 0. The molecule has 1 heteroatoms. The molecule has 1 fully saturated rings. The van der Waals surface area contributed by atoms with Crippen LogP contribution in [0.15, 0.2) is 71.4 Å². The number of fused-ring (bicyclic) bond motifs is 3. The fourth-order valence-electron chi connectivity index (χ4n) is 8.89. The van der Waals surface area contributed by atoms with Crippen molar-refractivity contribution in [3.8, 4) is 0 Å². The first-order valence-electron chi connectivity index (χ1n) is 15.5. The molecule has 1 nitrogen and oxygen atoms in total. The summed E-state index contributed by atoms with van der Waals surface area (Å²) < 4.78 is 0. The quantitative estimate of drug-likeness (QED) is 0.377. The third kappa shape index (κ3) is 4.89. The minimum absolute atomic E-state index is 0.553. The van der Waals surface area contributed by atoms with Crippen LogP contribution in [0.3, 0.4) is 0 Å². The Balaban J connectivity index is 1.29. The van der Waals surface area contributed by atoms with Crippen LogP contribution in [0.1, 0.15) is 100 Å². The van der Waals surface area contributed by atoms with Gasteiger partial charge in [-0.25, -0.2) is 0 Å². The first-order valence-corrected chi connectivity index (χ1v) is 15.5. The van der Waals surface area contributed by atoms with Crippen LogP contribution in [0.4, 0.5) is 0 Å². The van der Waals surface area contributed by atoms with Gasteiger partial charge >= 0.3 is 0 Å². The molecule has 2 N–H and O–H groups in total. The molecule has 0 bridgehead atoms. The SMILES string of the molecule is CC(CCC(CN)C1=C2CCCCC2C(C2=CC=CCC2)C2CC=CCC12)c1cccc2c1CCC=C2. The van der Waals surface area contributed by atoms with Crippen molar-refractivity contribution in [2.75, 3.05) is 6.54 Å². The third-order valence-corrected chi connectivity index (χ3v) is 10.6. The monoisotopic (exact) mass is 493 g/mol. The van der Waals surface area contributed by atoms with Crippen molar-refractivity contribution in [3.05, 3.63) is 88.1 Å². The Labute approximate surface area is 225 Å². The van der Waals surface area contributed by atoms with E-state index in [1.807, 2.05) is 11.1 Å². The average molecular weight is 494 g/mol. The topological polar surface area (TPSA) is 26.0 Å². The van der Waals surface area contributed by atoms with Crippen LogP contribution in [0.2, 0.25) is 0 Å². The maximum absolute atomic E-state index is 6.68. The molecule has 5 aliphatic carbocycles. The van der Waals surface area contributed by atoms with Crippen molar-refractivity contribution < 1.29 is 0 Å². The van der Waals surface area contributed by atoms with Gasteiger partial charge in [0.2, 0.25) is 0 Å². The molecule has 5 aliphatic rings. The van der Waals surface area contributed by atoms with Crippen LogP contribution in [0.5, 0.6) is 0 Å². The molecule has 0 amide bonds. The van der Waals surface area contributed by atoms with E-state index in [0.717, 1.165) is 24.3 Å². The largest absolute Gasteiger partial charge is 0.330 e. The van der Waals surface area contributed by atoms with Crippen molar-refractivity contribution in [1.82, 2.24) is 0 Å². The van der Waals surface area contributed by atoms with E-state index in [1.165, 1.54) is 82.6 Å². The molecule has 0 saturated heterocycles. The van der Waals surface area contributed by atoms with Crippen molar-refractivity contribution in [3.63, 3.8) is 0 Å². The molecule has 6 rings (SSSR count). The molecule has 0 aromatic heterocycles. The van der Waals surface area contributed by atoms with Gasteiger partial charge in [-0.15, -0.1) is 0 Å². The first-order chi connectivity index (χ1) is 18.3. The lowest BCUT2D eigenvalue weighted by Crippen LogP contribution is -2.42. The molecule has 6 atom stereocenters. The van der Waals surface area contributed by atoms with Gasteiger partial charge in [-0.05, 0) is 129 Å². The molecule has 1 saturated carbocycles. The average Bonchev–Trinajstić information content (AvgIpc) is 2.97. The Bertz CT molecular complexity index is 1130. The predicted octanol–water partition coefficient (Wildman–Crippen LogP) is 9.08.